The fourth-order valence-electron chi connectivity index (χ4n) is 2.77. The first-order valence-corrected chi connectivity index (χ1v) is 6.82. The van der Waals surface area contributed by atoms with Gasteiger partial charge in [-0.2, -0.15) is 0 Å². The van der Waals surface area contributed by atoms with Crippen LogP contribution >= 0.6 is 0 Å². The van der Waals surface area contributed by atoms with Crippen molar-refractivity contribution >= 4 is 6.09 Å². The molecule has 0 aromatic carbocycles. The van der Waals surface area contributed by atoms with Crippen LogP contribution in [0.25, 0.3) is 0 Å². The van der Waals surface area contributed by atoms with Crippen molar-refractivity contribution < 1.29 is 9.53 Å². The number of carbonyl (C=O) groups excluding carboxylic acids is 1. The van der Waals surface area contributed by atoms with Crippen molar-refractivity contribution in [1.82, 2.24) is 10.2 Å². The van der Waals surface area contributed by atoms with Crippen LogP contribution in [0.1, 0.15) is 33.1 Å². The molecule has 2 saturated heterocycles. The number of hydrogen-bond acceptors (Lipinski definition) is 3. The molecule has 0 aliphatic carbocycles. The third-order valence-corrected chi connectivity index (χ3v) is 4.02. The molecule has 0 radical (unpaired) electrons. The molecule has 2 rings (SSSR count). The lowest BCUT2D eigenvalue weighted by atomic mass is 9.94. The van der Waals surface area contributed by atoms with Crippen molar-refractivity contribution in [2.24, 2.45) is 11.8 Å². The number of nitrogens with zero attached hydrogens (tertiary/aromatic N) is 1. The van der Waals surface area contributed by atoms with Gasteiger partial charge in [-0.15, -0.1) is 0 Å². The van der Waals surface area contributed by atoms with Gasteiger partial charge in [0.05, 0.1) is 6.04 Å². The van der Waals surface area contributed by atoms with Crippen LogP contribution in [0.4, 0.5) is 4.79 Å². The molecule has 2 aliphatic rings. The van der Waals surface area contributed by atoms with E-state index in [1.165, 1.54) is 12.8 Å². The molecular formula is C13H24N2O2. The summed E-state index contributed by atoms with van der Waals surface area (Å²) in [7, 11) is 0. The van der Waals surface area contributed by atoms with Gasteiger partial charge < -0.3 is 15.0 Å². The maximum Gasteiger partial charge on any atom is 0.410 e. The van der Waals surface area contributed by atoms with E-state index in [-0.39, 0.29) is 12.1 Å². The summed E-state index contributed by atoms with van der Waals surface area (Å²) in [4.78, 5) is 13.6. The summed E-state index contributed by atoms with van der Waals surface area (Å²) in [6.45, 7) is 8.01. The Morgan fingerprint density at radius 3 is 2.76 bits per heavy atom. The monoisotopic (exact) mass is 240 g/mol. The molecule has 4 nitrogen and oxygen atoms in total. The van der Waals surface area contributed by atoms with E-state index in [1.807, 2.05) is 4.90 Å². The number of piperidine rings is 1. The molecule has 0 bridgehead atoms. The van der Waals surface area contributed by atoms with E-state index in [0.717, 1.165) is 32.0 Å². The quantitative estimate of drug-likeness (QED) is 0.815. The second-order valence-corrected chi connectivity index (χ2v) is 5.56. The predicted molar refractivity (Wildman–Crippen MR) is 66.9 cm³/mol. The first-order chi connectivity index (χ1) is 8.18. The van der Waals surface area contributed by atoms with Crippen molar-refractivity contribution in [1.29, 1.82) is 0 Å². The van der Waals surface area contributed by atoms with Gasteiger partial charge in [-0.25, -0.2) is 4.79 Å². The Kier molecular flexibility index (Phi) is 4.26. The van der Waals surface area contributed by atoms with Gasteiger partial charge >= 0.3 is 6.09 Å². The molecule has 0 aromatic heterocycles. The van der Waals surface area contributed by atoms with Crippen LogP contribution in [0.5, 0.6) is 0 Å². The Labute approximate surface area is 104 Å². The highest BCUT2D eigenvalue weighted by Crippen LogP contribution is 2.23. The maximum absolute atomic E-state index is 11.7. The lowest BCUT2D eigenvalue weighted by molar-refractivity contribution is 0.153. The van der Waals surface area contributed by atoms with Gasteiger partial charge in [-0.1, -0.05) is 13.8 Å². The average Bonchev–Trinajstić information content (AvgIpc) is 2.69. The minimum absolute atomic E-state index is 0.113. The lowest BCUT2D eigenvalue weighted by Gasteiger charge is -2.28. The van der Waals surface area contributed by atoms with Crippen molar-refractivity contribution in [2.75, 3.05) is 26.2 Å². The summed E-state index contributed by atoms with van der Waals surface area (Å²) < 4.78 is 5.15. The van der Waals surface area contributed by atoms with Gasteiger partial charge in [0.1, 0.15) is 6.61 Å². The molecule has 4 heteroatoms. The second kappa shape index (κ2) is 5.71. The Balaban J connectivity index is 1.81. The van der Waals surface area contributed by atoms with Crippen LogP contribution in [0.3, 0.4) is 0 Å². The first kappa shape index (κ1) is 12.7. The fraction of sp³-hybridized carbons (Fsp3) is 0.923. The molecule has 2 fully saturated rings. The number of amides is 1. The van der Waals surface area contributed by atoms with Crippen molar-refractivity contribution in [3.8, 4) is 0 Å². The topological polar surface area (TPSA) is 41.6 Å². The smallest absolute Gasteiger partial charge is 0.410 e. The molecule has 0 unspecified atom stereocenters. The van der Waals surface area contributed by atoms with E-state index in [1.54, 1.807) is 0 Å². The number of cyclic esters (lactones) is 1. The number of ether oxygens (including phenoxy) is 1. The first-order valence-electron chi connectivity index (χ1n) is 6.82. The summed E-state index contributed by atoms with van der Waals surface area (Å²) in [5.41, 5.74) is 0. The van der Waals surface area contributed by atoms with Gasteiger partial charge in [-0.05, 0) is 44.2 Å². The highest BCUT2D eigenvalue weighted by molar-refractivity contribution is 5.70. The van der Waals surface area contributed by atoms with E-state index in [9.17, 15) is 4.79 Å². The van der Waals surface area contributed by atoms with Crippen molar-refractivity contribution in [2.45, 2.75) is 39.2 Å². The average molecular weight is 240 g/mol. The largest absolute Gasteiger partial charge is 0.447 e. The molecular weight excluding hydrogens is 216 g/mol. The van der Waals surface area contributed by atoms with Crippen LogP contribution < -0.4 is 5.32 Å². The third-order valence-electron chi connectivity index (χ3n) is 4.02. The molecule has 17 heavy (non-hydrogen) atoms. The minimum atomic E-state index is -0.113. The van der Waals surface area contributed by atoms with Crippen LogP contribution in [0.15, 0.2) is 0 Å². The molecule has 2 heterocycles. The van der Waals surface area contributed by atoms with E-state index in [2.05, 4.69) is 19.2 Å². The molecule has 1 atom stereocenters. The summed E-state index contributed by atoms with van der Waals surface area (Å²) in [6.07, 6.45) is 3.50. The summed E-state index contributed by atoms with van der Waals surface area (Å²) in [5, 5.41) is 3.37. The molecule has 1 amide bonds. The zero-order valence-corrected chi connectivity index (χ0v) is 10.9. The highest BCUT2D eigenvalue weighted by atomic mass is 16.6. The van der Waals surface area contributed by atoms with Crippen LogP contribution in [-0.2, 0) is 4.74 Å². The normalized spacial score (nSPS) is 26.6. The van der Waals surface area contributed by atoms with Crippen molar-refractivity contribution in [3.05, 3.63) is 0 Å². The van der Waals surface area contributed by atoms with E-state index >= 15 is 0 Å². The van der Waals surface area contributed by atoms with Crippen LogP contribution in [0, 0.1) is 11.8 Å². The molecule has 0 spiro atoms. The molecule has 0 aromatic rings. The summed E-state index contributed by atoms with van der Waals surface area (Å²) >= 11 is 0. The van der Waals surface area contributed by atoms with Gasteiger partial charge in [0.2, 0.25) is 0 Å². The minimum Gasteiger partial charge on any atom is -0.447 e. The number of carbonyl (C=O) groups is 1. The Morgan fingerprint density at radius 1 is 1.41 bits per heavy atom. The Bertz CT molecular complexity index is 262. The van der Waals surface area contributed by atoms with Gasteiger partial charge in [-0.3, -0.25) is 0 Å². The van der Waals surface area contributed by atoms with Gasteiger partial charge in [0.25, 0.3) is 0 Å². The van der Waals surface area contributed by atoms with Crippen LogP contribution in [0.2, 0.25) is 0 Å². The van der Waals surface area contributed by atoms with E-state index < -0.39 is 0 Å². The third kappa shape index (κ3) is 3.12. The highest BCUT2D eigenvalue weighted by Gasteiger charge is 2.34. The number of nitrogens with one attached hydrogen (secondary N) is 1. The number of hydrogen-bond donors (Lipinski definition) is 1. The Morgan fingerprint density at radius 2 is 2.12 bits per heavy atom. The standard InChI is InChI=1S/C13H24N2O2/c1-10(2)12-9-17-13(16)15(12)8-5-11-3-6-14-7-4-11/h10-12,14H,3-9H2,1-2H3/t12-/m1/s1. The zero-order chi connectivity index (χ0) is 12.3. The molecule has 1 N–H and O–H groups in total. The zero-order valence-electron chi connectivity index (χ0n) is 10.9. The second-order valence-electron chi connectivity index (χ2n) is 5.56. The molecule has 0 saturated carbocycles. The van der Waals surface area contributed by atoms with Crippen LogP contribution in [-0.4, -0.2) is 43.3 Å². The lowest BCUT2D eigenvalue weighted by Crippen LogP contribution is -2.39. The predicted octanol–water partition coefficient (Wildman–Crippen LogP) is 1.85. The van der Waals surface area contributed by atoms with Crippen molar-refractivity contribution in [3.63, 3.8) is 0 Å². The summed E-state index contributed by atoms with van der Waals surface area (Å²) in [5.74, 6) is 1.26. The molecule has 98 valence electrons. The SMILES string of the molecule is CC(C)[C@H]1COC(=O)N1CCC1CCNCC1. The van der Waals surface area contributed by atoms with E-state index in [0.29, 0.717) is 12.5 Å². The van der Waals surface area contributed by atoms with Gasteiger partial charge in [0, 0.05) is 6.54 Å². The Hall–Kier alpha value is -0.770. The molecule has 2 aliphatic heterocycles. The van der Waals surface area contributed by atoms with E-state index in [4.69, 9.17) is 4.74 Å². The maximum atomic E-state index is 11.7. The van der Waals surface area contributed by atoms with Gasteiger partial charge in [0.15, 0.2) is 0 Å². The fourth-order valence-corrected chi connectivity index (χ4v) is 2.77. The number of rotatable bonds is 4. The summed E-state index contributed by atoms with van der Waals surface area (Å²) in [6, 6.07) is 0.282.